The molecule has 0 spiro atoms. The van der Waals surface area contributed by atoms with Gasteiger partial charge < -0.3 is 5.11 Å². The van der Waals surface area contributed by atoms with Crippen LogP contribution in [0.2, 0.25) is 0 Å². The molecule has 1 aliphatic heterocycles. The summed E-state index contributed by atoms with van der Waals surface area (Å²) < 4.78 is 12.8. The Morgan fingerprint density at radius 2 is 1.89 bits per heavy atom. The minimum Gasteiger partial charge on any atom is -0.348 e. The summed E-state index contributed by atoms with van der Waals surface area (Å²) in [7, 11) is -1.57. The second kappa shape index (κ2) is 4.75. The Balaban J connectivity index is 1.90. The molecule has 3 rings (SSSR count). The van der Waals surface area contributed by atoms with E-state index in [0.29, 0.717) is 0 Å². The third-order valence-corrected chi connectivity index (χ3v) is 7.11. The van der Waals surface area contributed by atoms with Gasteiger partial charge in [-0.15, -0.1) is 0 Å². The fourth-order valence-electron chi connectivity index (χ4n) is 3.60. The fraction of sp³-hybridized carbons (Fsp3) is 0.600. The predicted molar refractivity (Wildman–Crippen MR) is 72.9 cm³/mol. The van der Waals surface area contributed by atoms with Gasteiger partial charge >= 0.3 is 7.80 Å². The molecular weight excluding hydrogens is 243 g/mol. The van der Waals surface area contributed by atoms with Crippen LogP contribution in [0.25, 0.3) is 0 Å². The van der Waals surface area contributed by atoms with Gasteiger partial charge in [-0.3, -0.25) is 0 Å². The second-order valence-electron chi connectivity index (χ2n) is 5.65. The lowest BCUT2D eigenvalue weighted by molar-refractivity contribution is 0.0140. The molecular formula is C15H20O2P+. The zero-order valence-electron chi connectivity index (χ0n) is 10.6. The zero-order chi connectivity index (χ0) is 12.6. The topological polar surface area (TPSA) is 37.3 Å². The molecule has 96 valence electrons. The lowest BCUT2D eigenvalue weighted by Gasteiger charge is -2.37. The molecule has 0 amide bonds. The molecule has 1 saturated heterocycles. The number of hydrogen-bond acceptors (Lipinski definition) is 2. The molecule has 1 saturated carbocycles. The molecule has 1 aromatic carbocycles. The van der Waals surface area contributed by atoms with E-state index in [0.717, 1.165) is 37.7 Å². The van der Waals surface area contributed by atoms with Crippen LogP contribution < -0.4 is 0 Å². The molecule has 2 nitrogen and oxygen atoms in total. The van der Waals surface area contributed by atoms with Crippen molar-refractivity contribution >= 4 is 7.80 Å². The smallest absolute Gasteiger partial charge is 0.348 e. The van der Waals surface area contributed by atoms with Crippen LogP contribution in [-0.4, -0.2) is 10.4 Å². The molecule has 4 unspecified atom stereocenters. The number of aliphatic hydroxyl groups is 1. The van der Waals surface area contributed by atoms with Crippen molar-refractivity contribution in [3.63, 3.8) is 0 Å². The van der Waals surface area contributed by atoms with Crippen LogP contribution in [0, 0.1) is 5.92 Å². The van der Waals surface area contributed by atoms with Gasteiger partial charge in [0.15, 0.2) is 5.66 Å². The number of hydrogen-bond donors (Lipinski definition) is 1. The maximum atomic E-state index is 12.8. The van der Waals surface area contributed by atoms with Crippen LogP contribution in [-0.2, 0) is 4.57 Å². The summed E-state index contributed by atoms with van der Waals surface area (Å²) in [5.41, 5.74) is 1.19. The molecule has 1 heterocycles. The summed E-state index contributed by atoms with van der Waals surface area (Å²) in [6.07, 6.45) is 5.99. The highest BCUT2D eigenvalue weighted by atomic mass is 31.1. The Hall–Kier alpha value is -0.720. The van der Waals surface area contributed by atoms with Gasteiger partial charge in [0.2, 0.25) is 0 Å². The summed E-state index contributed by atoms with van der Waals surface area (Å²) in [4.78, 5) is 0. The highest BCUT2D eigenvalue weighted by molar-refractivity contribution is 7.46. The van der Waals surface area contributed by atoms with Crippen molar-refractivity contribution in [1.29, 1.82) is 0 Å². The lowest BCUT2D eigenvalue weighted by Crippen LogP contribution is -2.40. The van der Waals surface area contributed by atoms with E-state index in [-0.39, 0.29) is 11.6 Å². The number of benzene rings is 1. The highest BCUT2D eigenvalue weighted by Gasteiger charge is 2.60. The minimum absolute atomic E-state index is 0.0561. The molecule has 4 atom stereocenters. The molecule has 2 fully saturated rings. The van der Waals surface area contributed by atoms with Crippen LogP contribution >= 0.6 is 7.80 Å². The maximum absolute atomic E-state index is 12.8. The van der Waals surface area contributed by atoms with Gasteiger partial charge in [-0.1, -0.05) is 41.3 Å². The monoisotopic (exact) mass is 263 g/mol. The number of rotatable bonds is 1. The van der Waals surface area contributed by atoms with E-state index in [1.807, 2.05) is 30.3 Å². The summed E-state index contributed by atoms with van der Waals surface area (Å²) in [5, 5.41) is 9.92. The Bertz CT molecular complexity index is 445. The van der Waals surface area contributed by atoms with Crippen LogP contribution in [0.5, 0.6) is 0 Å². The summed E-state index contributed by atoms with van der Waals surface area (Å²) in [6.45, 7) is 0. The van der Waals surface area contributed by atoms with E-state index >= 15 is 0 Å². The first kappa shape index (κ1) is 12.3. The van der Waals surface area contributed by atoms with E-state index in [2.05, 4.69) is 0 Å². The minimum atomic E-state index is -1.57. The summed E-state index contributed by atoms with van der Waals surface area (Å²) >= 11 is 0. The van der Waals surface area contributed by atoms with Gasteiger partial charge in [0.25, 0.3) is 5.34 Å². The quantitative estimate of drug-likeness (QED) is 0.770. The maximum Gasteiger partial charge on any atom is 0.381 e. The highest BCUT2D eigenvalue weighted by Crippen LogP contribution is 2.64. The summed E-state index contributed by atoms with van der Waals surface area (Å²) in [6, 6.07) is 10.1. The Kier molecular flexibility index (Phi) is 3.25. The second-order valence-corrected chi connectivity index (χ2v) is 7.70. The first-order valence-electron chi connectivity index (χ1n) is 6.95. The molecule has 0 bridgehead atoms. The van der Waals surface area contributed by atoms with Crippen molar-refractivity contribution in [1.82, 2.24) is 0 Å². The van der Waals surface area contributed by atoms with Crippen molar-refractivity contribution in [2.75, 3.05) is 0 Å². The Labute approximate surface area is 109 Å². The Morgan fingerprint density at radius 3 is 2.67 bits per heavy atom. The van der Waals surface area contributed by atoms with Crippen LogP contribution in [0.15, 0.2) is 30.3 Å². The van der Waals surface area contributed by atoms with Gasteiger partial charge in [-0.05, 0) is 25.7 Å². The van der Waals surface area contributed by atoms with Crippen molar-refractivity contribution in [3.05, 3.63) is 35.9 Å². The van der Waals surface area contributed by atoms with Crippen molar-refractivity contribution in [2.45, 2.75) is 49.5 Å². The molecule has 0 aromatic heterocycles. The van der Waals surface area contributed by atoms with Gasteiger partial charge in [0.05, 0.1) is 0 Å². The van der Waals surface area contributed by atoms with Gasteiger partial charge in [0, 0.05) is 17.9 Å². The molecule has 1 N–H and O–H groups in total. The molecule has 1 aromatic rings. The Morgan fingerprint density at radius 1 is 1.11 bits per heavy atom. The van der Waals surface area contributed by atoms with E-state index in [1.165, 1.54) is 6.42 Å². The van der Waals surface area contributed by atoms with Crippen LogP contribution in [0.1, 0.15) is 49.7 Å². The van der Waals surface area contributed by atoms with Crippen molar-refractivity contribution in [3.8, 4) is 0 Å². The first-order chi connectivity index (χ1) is 8.72. The number of fused-ring (bicyclic) bond motifs is 1. The van der Waals surface area contributed by atoms with Gasteiger partial charge in [0.1, 0.15) is 0 Å². The standard InChI is InChI=1S/C15H20O2P/c16-15-11-5-4-8-13(15)9-10-14(18(15)17)12-6-2-1-3-7-12/h1-3,6-7,13-14,16H,4-5,8-11H2/q+1. The normalized spacial score (nSPS) is 38.2. The van der Waals surface area contributed by atoms with E-state index in [4.69, 9.17) is 0 Å². The first-order valence-corrected chi connectivity index (χ1v) is 8.28. The average molecular weight is 263 g/mol. The SMILES string of the molecule is O=[P+]1C(c2ccccc2)CCC2CCCCC21O. The zero-order valence-corrected chi connectivity index (χ0v) is 11.5. The van der Waals surface area contributed by atoms with E-state index in [9.17, 15) is 9.67 Å². The lowest BCUT2D eigenvalue weighted by atomic mass is 9.81. The van der Waals surface area contributed by atoms with Crippen LogP contribution in [0.3, 0.4) is 0 Å². The molecule has 0 radical (unpaired) electrons. The molecule has 1 aliphatic carbocycles. The molecule has 18 heavy (non-hydrogen) atoms. The molecule has 3 heteroatoms. The van der Waals surface area contributed by atoms with Gasteiger partial charge in [-0.2, -0.15) is 0 Å². The van der Waals surface area contributed by atoms with Crippen molar-refractivity contribution < 1.29 is 9.67 Å². The predicted octanol–water partition coefficient (Wildman–Crippen LogP) is 4.23. The third kappa shape index (κ3) is 1.92. The largest absolute Gasteiger partial charge is 0.381 e. The average Bonchev–Trinajstić information content (AvgIpc) is 2.41. The van der Waals surface area contributed by atoms with E-state index < -0.39 is 13.1 Å². The summed E-state index contributed by atoms with van der Waals surface area (Å²) in [5.74, 6) is 0.273. The molecule has 2 aliphatic rings. The third-order valence-electron chi connectivity index (χ3n) is 4.64. The van der Waals surface area contributed by atoms with Gasteiger partial charge in [-0.25, -0.2) is 0 Å². The van der Waals surface area contributed by atoms with E-state index in [1.54, 1.807) is 0 Å². The van der Waals surface area contributed by atoms with Crippen LogP contribution in [0.4, 0.5) is 0 Å². The fourth-order valence-corrected chi connectivity index (χ4v) is 5.96. The van der Waals surface area contributed by atoms with Crippen molar-refractivity contribution in [2.24, 2.45) is 5.92 Å².